The lowest BCUT2D eigenvalue weighted by atomic mass is 10.0. The van der Waals surface area contributed by atoms with Crippen LogP contribution in [0.4, 0.5) is 0 Å². The Balaban J connectivity index is 2.13. The summed E-state index contributed by atoms with van der Waals surface area (Å²) in [5.41, 5.74) is -0.716. The quantitative estimate of drug-likeness (QED) is 0.564. The van der Waals surface area contributed by atoms with Gasteiger partial charge in [-0.2, -0.15) is 0 Å². The third-order valence-corrected chi connectivity index (χ3v) is 2.37. The lowest BCUT2D eigenvalue weighted by molar-refractivity contribution is -0.101. The number of ether oxygens (including phenoxy) is 3. The van der Waals surface area contributed by atoms with Crippen LogP contribution >= 0.6 is 0 Å². The Morgan fingerprint density at radius 2 is 2.21 bits per heavy atom. The van der Waals surface area contributed by atoms with Crippen molar-refractivity contribution in [1.82, 2.24) is 5.32 Å². The van der Waals surface area contributed by atoms with Crippen LogP contribution in [0.3, 0.4) is 0 Å². The highest BCUT2D eigenvalue weighted by molar-refractivity contribution is 4.84. The van der Waals surface area contributed by atoms with Crippen LogP contribution in [-0.2, 0) is 14.2 Å². The average Bonchev–Trinajstić information content (AvgIpc) is 2.60. The first-order valence-corrected chi connectivity index (χ1v) is 4.76. The Bertz CT molecular complexity index is 155. The summed E-state index contributed by atoms with van der Waals surface area (Å²) >= 11 is 0. The van der Waals surface area contributed by atoms with Crippen LogP contribution in [0, 0.1) is 0 Å². The number of rotatable bonds is 6. The number of nitrogens with one attached hydrogen (secondary N) is 1. The summed E-state index contributed by atoms with van der Waals surface area (Å²) in [7, 11) is 3.17. The summed E-state index contributed by atoms with van der Waals surface area (Å²) in [4.78, 5) is 0. The van der Waals surface area contributed by atoms with E-state index >= 15 is 0 Å². The molecule has 1 heterocycles. The second kappa shape index (κ2) is 5.63. The summed E-state index contributed by atoms with van der Waals surface area (Å²) in [5.74, 6) is 0. The van der Waals surface area contributed by atoms with Gasteiger partial charge in [0.25, 0.3) is 0 Å². The van der Waals surface area contributed by atoms with E-state index in [1.54, 1.807) is 14.2 Å². The molecule has 5 heteroatoms. The molecule has 1 fully saturated rings. The van der Waals surface area contributed by atoms with Crippen molar-refractivity contribution < 1.29 is 19.3 Å². The number of aliphatic hydroxyl groups is 1. The molecule has 0 aromatic heterocycles. The minimum atomic E-state index is -0.716. The maximum atomic E-state index is 9.88. The van der Waals surface area contributed by atoms with Gasteiger partial charge in [0.05, 0.1) is 6.61 Å². The molecule has 14 heavy (non-hydrogen) atoms. The SMILES string of the molecule is COC(CNCC1(O)CCOC1)OC. The topological polar surface area (TPSA) is 60.0 Å². The van der Waals surface area contributed by atoms with E-state index < -0.39 is 5.60 Å². The summed E-state index contributed by atoms with van der Waals surface area (Å²) in [6.45, 7) is 2.12. The van der Waals surface area contributed by atoms with Crippen molar-refractivity contribution in [3.05, 3.63) is 0 Å². The van der Waals surface area contributed by atoms with E-state index in [2.05, 4.69) is 5.32 Å². The van der Waals surface area contributed by atoms with E-state index in [0.717, 1.165) is 0 Å². The lowest BCUT2D eigenvalue weighted by Gasteiger charge is -2.22. The Hall–Kier alpha value is -0.200. The molecule has 1 saturated heterocycles. The van der Waals surface area contributed by atoms with E-state index in [9.17, 15) is 5.11 Å². The van der Waals surface area contributed by atoms with Crippen molar-refractivity contribution in [1.29, 1.82) is 0 Å². The molecule has 0 saturated carbocycles. The molecular weight excluding hydrogens is 186 g/mol. The van der Waals surface area contributed by atoms with E-state index in [1.807, 2.05) is 0 Å². The summed E-state index contributed by atoms with van der Waals surface area (Å²) in [5, 5.41) is 13.0. The molecule has 1 atom stereocenters. The van der Waals surface area contributed by atoms with Gasteiger partial charge in [0.2, 0.25) is 0 Å². The fourth-order valence-corrected chi connectivity index (χ4v) is 1.42. The van der Waals surface area contributed by atoms with Crippen molar-refractivity contribution >= 4 is 0 Å². The van der Waals surface area contributed by atoms with Crippen molar-refractivity contribution in [2.24, 2.45) is 0 Å². The second-order valence-electron chi connectivity index (χ2n) is 3.56. The molecule has 0 bridgehead atoms. The van der Waals surface area contributed by atoms with Crippen LogP contribution in [0.25, 0.3) is 0 Å². The summed E-state index contributed by atoms with van der Waals surface area (Å²) in [6, 6.07) is 0. The van der Waals surface area contributed by atoms with E-state index in [0.29, 0.717) is 32.7 Å². The maximum absolute atomic E-state index is 9.88. The summed E-state index contributed by atoms with van der Waals surface area (Å²) in [6.07, 6.45) is 0.422. The van der Waals surface area contributed by atoms with Crippen LogP contribution < -0.4 is 5.32 Å². The van der Waals surface area contributed by atoms with Gasteiger partial charge in [-0.05, 0) is 0 Å². The zero-order chi connectivity index (χ0) is 10.4. The third-order valence-electron chi connectivity index (χ3n) is 2.37. The highest BCUT2D eigenvalue weighted by Crippen LogP contribution is 2.16. The van der Waals surface area contributed by atoms with Crippen molar-refractivity contribution in [3.8, 4) is 0 Å². The van der Waals surface area contributed by atoms with E-state index in [-0.39, 0.29) is 6.29 Å². The van der Waals surface area contributed by atoms with Crippen LogP contribution in [0.5, 0.6) is 0 Å². The fraction of sp³-hybridized carbons (Fsp3) is 1.00. The minimum Gasteiger partial charge on any atom is -0.386 e. The molecule has 0 amide bonds. The van der Waals surface area contributed by atoms with Crippen molar-refractivity contribution in [3.63, 3.8) is 0 Å². The van der Waals surface area contributed by atoms with Gasteiger partial charge in [0.1, 0.15) is 5.60 Å². The molecule has 0 aromatic rings. The van der Waals surface area contributed by atoms with Gasteiger partial charge in [0.15, 0.2) is 6.29 Å². The maximum Gasteiger partial charge on any atom is 0.169 e. The average molecular weight is 205 g/mol. The van der Waals surface area contributed by atoms with Crippen molar-refractivity contribution in [2.75, 3.05) is 40.5 Å². The molecule has 0 aromatic carbocycles. The zero-order valence-corrected chi connectivity index (χ0v) is 8.78. The Morgan fingerprint density at radius 1 is 1.50 bits per heavy atom. The van der Waals surface area contributed by atoms with Crippen LogP contribution in [0.1, 0.15) is 6.42 Å². The highest BCUT2D eigenvalue weighted by Gasteiger charge is 2.31. The Kier molecular flexibility index (Phi) is 4.77. The molecule has 1 unspecified atom stereocenters. The molecule has 2 N–H and O–H groups in total. The first kappa shape index (κ1) is 11.9. The predicted octanol–water partition coefficient (Wildman–Crippen LogP) is -0.654. The van der Waals surface area contributed by atoms with E-state index in [4.69, 9.17) is 14.2 Å². The standard InChI is InChI=1S/C9H19NO4/c1-12-8(13-2)5-10-6-9(11)3-4-14-7-9/h8,10-11H,3-7H2,1-2H3. The molecule has 5 nitrogen and oxygen atoms in total. The van der Waals surface area contributed by atoms with E-state index in [1.165, 1.54) is 0 Å². The van der Waals surface area contributed by atoms with Gasteiger partial charge < -0.3 is 24.6 Å². The monoisotopic (exact) mass is 205 g/mol. The molecule has 0 spiro atoms. The molecule has 84 valence electrons. The second-order valence-corrected chi connectivity index (χ2v) is 3.56. The minimum absolute atomic E-state index is 0.263. The smallest absolute Gasteiger partial charge is 0.169 e. The van der Waals surface area contributed by atoms with Crippen molar-refractivity contribution in [2.45, 2.75) is 18.3 Å². The van der Waals surface area contributed by atoms with Gasteiger partial charge >= 0.3 is 0 Å². The van der Waals surface area contributed by atoms with Gasteiger partial charge in [-0.1, -0.05) is 0 Å². The first-order valence-electron chi connectivity index (χ1n) is 4.76. The molecule has 0 radical (unpaired) electrons. The predicted molar refractivity (Wildman–Crippen MR) is 51.1 cm³/mol. The lowest BCUT2D eigenvalue weighted by Crippen LogP contribution is -2.43. The van der Waals surface area contributed by atoms with Gasteiger partial charge in [0, 0.05) is 40.3 Å². The normalized spacial score (nSPS) is 27.4. The Morgan fingerprint density at radius 3 is 2.71 bits per heavy atom. The van der Waals surface area contributed by atoms with Gasteiger partial charge in [-0.3, -0.25) is 0 Å². The third kappa shape index (κ3) is 3.51. The Labute approximate surface area is 84.3 Å². The zero-order valence-electron chi connectivity index (χ0n) is 8.78. The summed E-state index contributed by atoms with van der Waals surface area (Å²) < 4.78 is 15.1. The van der Waals surface area contributed by atoms with Gasteiger partial charge in [-0.25, -0.2) is 0 Å². The molecule has 1 aliphatic rings. The van der Waals surface area contributed by atoms with Gasteiger partial charge in [-0.15, -0.1) is 0 Å². The largest absolute Gasteiger partial charge is 0.386 e. The molecule has 1 rings (SSSR count). The highest BCUT2D eigenvalue weighted by atomic mass is 16.7. The fourth-order valence-electron chi connectivity index (χ4n) is 1.42. The molecule has 0 aliphatic carbocycles. The number of methoxy groups -OCH3 is 2. The van der Waals surface area contributed by atoms with Crippen LogP contribution in [0.15, 0.2) is 0 Å². The van der Waals surface area contributed by atoms with Crippen LogP contribution in [0.2, 0.25) is 0 Å². The molecule has 1 aliphatic heterocycles. The molecular formula is C9H19NO4. The number of hydrogen-bond donors (Lipinski definition) is 2. The van der Waals surface area contributed by atoms with Crippen LogP contribution in [-0.4, -0.2) is 57.5 Å². The number of hydrogen-bond acceptors (Lipinski definition) is 5. The first-order chi connectivity index (χ1) is 6.70.